The third-order valence-corrected chi connectivity index (χ3v) is 2.51. The molecule has 0 bridgehead atoms. The number of aliphatic imine (C=N–C) groups is 1. The van der Waals surface area contributed by atoms with Gasteiger partial charge in [-0.1, -0.05) is 13.8 Å². The largest absolute Gasteiger partial charge is 0.444 e. The number of carbonyl (C=O) groups is 1. The highest BCUT2D eigenvalue weighted by molar-refractivity contribution is 14.0. The molecule has 0 radical (unpaired) electrons. The third-order valence-electron chi connectivity index (χ3n) is 2.51. The van der Waals surface area contributed by atoms with Gasteiger partial charge < -0.3 is 20.7 Å². The lowest BCUT2D eigenvalue weighted by atomic mass is 10.1. The summed E-state index contributed by atoms with van der Waals surface area (Å²) >= 11 is 0. The van der Waals surface area contributed by atoms with Crippen LogP contribution in [0.15, 0.2) is 4.99 Å². The van der Waals surface area contributed by atoms with Gasteiger partial charge in [-0.05, 0) is 26.7 Å². The van der Waals surface area contributed by atoms with Gasteiger partial charge in [0.1, 0.15) is 5.60 Å². The predicted molar refractivity (Wildman–Crippen MR) is 91.5 cm³/mol. The van der Waals surface area contributed by atoms with Crippen LogP contribution >= 0.6 is 24.0 Å². The zero-order chi connectivity index (χ0) is 14.6. The second kappa shape index (κ2) is 7.90. The number of rotatable bonds is 3. The molecule has 0 aromatic rings. The van der Waals surface area contributed by atoms with Gasteiger partial charge in [0.25, 0.3) is 0 Å². The van der Waals surface area contributed by atoms with Gasteiger partial charge in [-0.2, -0.15) is 0 Å². The first-order valence-corrected chi connectivity index (χ1v) is 6.72. The third kappa shape index (κ3) is 7.16. The van der Waals surface area contributed by atoms with Crippen molar-refractivity contribution in [3.63, 3.8) is 0 Å². The van der Waals surface area contributed by atoms with Crippen LogP contribution in [0.3, 0.4) is 0 Å². The Hall–Kier alpha value is -0.730. The zero-order valence-corrected chi connectivity index (χ0v) is 15.3. The average Bonchev–Trinajstić information content (AvgIpc) is 2.16. The van der Waals surface area contributed by atoms with E-state index in [9.17, 15) is 4.79 Å². The number of carbonyl (C=O) groups excluding carboxylic acids is 1. The monoisotopic (exact) mass is 398 g/mol. The zero-order valence-electron chi connectivity index (χ0n) is 13.0. The maximum absolute atomic E-state index is 11.7. The number of nitrogens with one attached hydrogen (secondary N) is 1. The van der Waals surface area contributed by atoms with Crippen LogP contribution in [-0.2, 0) is 4.74 Å². The first kappa shape index (κ1) is 19.3. The molecule has 0 unspecified atom stereocenters. The number of likely N-dealkylation sites (tertiary alicyclic amines) is 1. The second-order valence-corrected chi connectivity index (χ2v) is 6.35. The standard InChI is InChI=1S/C13H26N4O2.HI/c1-9(2)6-15-11(14)16-10-7-17(8-10)12(18)19-13(3,4)5;/h9-10H,6-8H2,1-5H3,(H3,14,15,16);1H. The minimum Gasteiger partial charge on any atom is -0.444 e. The van der Waals surface area contributed by atoms with E-state index in [2.05, 4.69) is 24.2 Å². The lowest BCUT2D eigenvalue weighted by Crippen LogP contribution is -2.62. The maximum Gasteiger partial charge on any atom is 0.410 e. The van der Waals surface area contributed by atoms with Crippen molar-refractivity contribution in [2.45, 2.75) is 46.3 Å². The van der Waals surface area contributed by atoms with Gasteiger partial charge in [0.2, 0.25) is 0 Å². The van der Waals surface area contributed by atoms with Crippen molar-refractivity contribution in [1.82, 2.24) is 10.2 Å². The van der Waals surface area contributed by atoms with Crippen molar-refractivity contribution in [2.24, 2.45) is 16.6 Å². The van der Waals surface area contributed by atoms with Crippen LogP contribution in [0.25, 0.3) is 0 Å². The highest BCUT2D eigenvalue weighted by Gasteiger charge is 2.33. The van der Waals surface area contributed by atoms with Crippen molar-refractivity contribution in [3.05, 3.63) is 0 Å². The van der Waals surface area contributed by atoms with Crippen LogP contribution in [-0.4, -0.2) is 48.2 Å². The van der Waals surface area contributed by atoms with E-state index in [1.165, 1.54) is 0 Å². The molecule has 0 aromatic heterocycles. The number of guanidine groups is 1. The van der Waals surface area contributed by atoms with E-state index in [1.807, 2.05) is 20.8 Å². The Morgan fingerprint density at radius 2 is 2.00 bits per heavy atom. The van der Waals surface area contributed by atoms with Crippen molar-refractivity contribution in [3.8, 4) is 0 Å². The van der Waals surface area contributed by atoms with Crippen molar-refractivity contribution < 1.29 is 9.53 Å². The molecule has 1 rings (SSSR count). The summed E-state index contributed by atoms with van der Waals surface area (Å²) < 4.78 is 5.27. The van der Waals surface area contributed by atoms with Crippen LogP contribution in [0, 0.1) is 5.92 Å². The molecule has 1 fully saturated rings. The van der Waals surface area contributed by atoms with Crippen molar-refractivity contribution in [2.75, 3.05) is 19.6 Å². The molecule has 6 nitrogen and oxygen atoms in total. The Bertz CT molecular complexity index is 347. The summed E-state index contributed by atoms with van der Waals surface area (Å²) in [4.78, 5) is 17.6. The fourth-order valence-electron chi connectivity index (χ4n) is 1.58. The fourth-order valence-corrected chi connectivity index (χ4v) is 1.58. The molecule has 1 aliphatic rings. The highest BCUT2D eigenvalue weighted by Crippen LogP contribution is 2.14. The van der Waals surface area contributed by atoms with Gasteiger partial charge >= 0.3 is 6.09 Å². The molecule has 0 aromatic carbocycles. The molecule has 1 amide bonds. The molecule has 0 spiro atoms. The number of ether oxygens (including phenoxy) is 1. The fraction of sp³-hybridized carbons (Fsp3) is 0.846. The summed E-state index contributed by atoms with van der Waals surface area (Å²) in [6.07, 6.45) is -0.275. The molecule has 0 atom stereocenters. The molecule has 3 N–H and O–H groups in total. The average molecular weight is 398 g/mol. The Morgan fingerprint density at radius 1 is 1.45 bits per heavy atom. The Balaban J connectivity index is 0.00000361. The van der Waals surface area contributed by atoms with Gasteiger partial charge in [0.05, 0.1) is 6.04 Å². The highest BCUT2D eigenvalue weighted by atomic mass is 127. The molecule has 0 saturated carbocycles. The summed E-state index contributed by atoms with van der Waals surface area (Å²) in [6, 6.07) is 0.170. The van der Waals surface area contributed by atoms with Gasteiger partial charge in [0.15, 0.2) is 5.96 Å². The Labute approximate surface area is 138 Å². The Kier molecular flexibility index (Phi) is 7.61. The van der Waals surface area contributed by atoms with Crippen molar-refractivity contribution in [1.29, 1.82) is 0 Å². The normalized spacial score (nSPS) is 16.5. The SMILES string of the molecule is CC(C)CN=C(N)NC1CN(C(=O)OC(C)(C)C)C1.I. The van der Waals surface area contributed by atoms with E-state index < -0.39 is 5.60 Å². The van der Waals surface area contributed by atoms with Crippen LogP contribution in [0.1, 0.15) is 34.6 Å². The summed E-state index contributed by atoms with van der Waals surface area (Å²) in [5.74, 6) is 0.933. The summed E-state index contributed by atoms with van der Waals surface area (Å²) in [5.41, 5.74) is 5.31. The van der Waals surface area contributed by atoms with E-state index >= 15 is 0 Å². The van der Waals surface area contributed by atoms with Crippen LogP contribution in [0.2, 0.25) is 0 Å². The van der Waals surface area contributed by atoms with Crippen LogP contribution in [0.5, 0.6) is 0 Å². The van der Waals surface area contributed by atoms with Gasteiger partial charge in [-0.3, -0.25) is 4.99 Å². The molecule has 0 aliphatic carbocycles. The van der Waals surface area contributed by atoms with E-state index in [1.54, 1.807) is 4.90 Å². The van der Waals surface area contributed by atoms with E-state index in [-0.39, 0.29) is 36.1 Å². The molecule has 118 valence electrons. The number of halogens is 1. The van der Waals surface area contributed by atoms with E-state index in [0.29, 0.717) is 31.5 Å². The predicted octanol–water partition coefficient (Wildman–Crippen LogP) is 1.78. The Morgan fingerprint density at radius 3 is 2.45 bits per heavy atom. The number of hydrogen-bond donors (Lipinski definition) is 2. The number of nitrogens with two attached hydrogens (primary N) is 1. The van der Waals surface area contributed by atoms with E-state index in [4.69, 9.17) is 10.5 Å². The molecule has 1 heterocycles. The van der Waals surface area contributed by atoms with Crippen LogP contribution in [0.4, 0.5) is 4.79 Å². The molecule has 1 aliphatic heterocycles. The van der Waals surface area contributed by atoms with Crippen LogP contribution < -0.4 is 11.1 Å². The summed E-state index contributed by atoms with van der Waals surface area (Å²) in [7, 11) is 0. The first-order chi connectivity index (χ1) is 8.67. The van der Waals surface area contributed by atoms with Crippen molar-refractivity contribution >= 4 is 36.0 Å². The van der Waals surface area contributed by atoms with E-state index in [0.717, 1.165) is 0 Å². The lowest BCUT2D eigenvalue weighted by molar-refractivity contribution is 0.00706. The van der Waals surface area contributed by atoms with Gasteiger partial charge in [-0.25, -0.2) is 4.79 Å². The summed E-state index contributed by atoms with van der Waals surface area (Å²) in [6.45, 7) is 11.7. The molecular formula is C13H27IN4O2. The topological polar surface area (TPSA) is 80.0 Å². The second-order valence-electron chi connectivity index (χ2n) is 6.35. The minimum absolute atomic E-state index is 0. The smallest absolute Gasteiger partial charge is 0.410 e. The maximum atomic E-state index is 11.7. The molecule has 1 saturated heterocycles. The molecule has 20 heavy (non-hydrogen) atoms. The van der Waals surface area contributed by atoms with Gasteiger partial charge in [0, 0.05) is 19.6 Å². The van der Waals surface area contributed by atoms with Gasteiger partial charge in [-0.15, -0.1) is 24.0 Å². The summed E-state index contributed by atoms with van der Waals surface area (Å²) in [5, 5.41) is 3.10. The number of nitrogens with zero attached hydrogens (tertiary/aromatic N) is 2. The quantitative estimate of drug-likeness (QED) is 0.432. The minimum atomic E-state index is -0.451. The molecule has 7 heteroatoms. The first-order valence-electron chi connectivity index (χ1n) is 6.72. The lowest BCUT2D eigenvalue weighted by Gasteiger charge is -2.40. The number of amides is 1. The number of hydrogen-bond acceptors (Lipinski definition) is 3. The molecular weight excluding hydrogens is 371 g/mol.